The maximum atomic E-state index is 12.1. The number of thioether (sulfide) groups is 1. The molecule has 5 heteroatoms. The molecule has 100 valence electrons. The number of hydrogen-bond donors (Lipinski definition) is 1. The Morgan fingerprint density at radius 3 is 2.44 bits per heavy atom. The number of rotatable bonds is 4. The SMILES string of the molecule is CSCCC(N)C(=O)N1Cc2ccccc2C1.Cl. The average molecular weight is 287 g/mol. The predicted octanol–water partition coefficient (Wildman–Crippen LogP) is 2.03. The summed E-state index contributed by atoms with van der Waals surface area (Å²) < 4.78 is 0. The highest BCUT2D eigenvalue weighted by molar-refractivity contribution is 7.98. The van der Waals surface area contributed by atoms with Crippen LogP contribution in [0, 0.1) is 0 Å². The molecule has 2 N–H and O–H groups in total. The minimum atomic E-state index is -0.350. The van der Waals surface area contributed by atoms with Crippen molar-refractivity contribution in [1.82, 2.24) is 4.90 Å². The van der Waals surface area contributed by atoms with Crippen LogP contribution in [0.5, 0.6) is 0 Å². The van der Waals surface area contributed by atoms with Gasteiger partial charge in [-0.25, -0.2) is 0 Å². The van der Waals surface area contributed by atoms with E-state index < -0.39 is 0 Å². The van der Waals surface area contributed by atoms with E-state index in [1.54, 1.807) is 11.8 Å². The van der Waals surface area contributed by atoms with E-state index in [9.17, 15) is 4.79 Å². The van der Waals surface area contributed by atoms with Gasteiger partial charge in [0, 0.05) is 13.1 Å². The maximum absolute atomic E-state index is 12.1. The molecule has 0 fully saturated rings. The number of nitrogens with zero attached hydrogens (tertiary/aromatic N) is 1. The van der Waals surface area contributed by atoms with Crippen LogP contribution >= 0.6 is 24.2 Å². The van der Waals surface area contributed by atoms with Crippen LogP contribution < -0.4 is 5.73 Å². The van der Waals surface area contributed by atoms with E-state index in [0.29, 0.717) is 13.1 Å². The first-order chi connectivity index (χ1) is 8.22. The van der Waals surface area contributed by atoms with E-state index in [2.05, 4.69) is 12.1 Å². The van der Waals surface area contributed by atoms with Gasteiger partial charge in [-0.15, -0.1) is 12.4 Å². The van der Waals surface area contributed by atoms with Crippen molar-refractivity contribution in [2.45, 2.75) is 25.6 Å². The molecule has 1 aromatic rings. The van der Waals surface area contributed by atoms with Gasteiger partial charge in [-0.2, -0.15) is 11.8 Å². The van der Waals surface area contributed by atoms with Crippen molar-refractivity contribution in [3.63, 3.8) is 0 Å². The molecular formula is C13H19ClN2OS. The van der Waals surface area contributed by atoms with Crippen LogP contribution in [0.3, 0.4) is 0 Å². The lowest BCUT2D eigenvalue weighted by atomic mass is 10.1. The summed E-state index contributed by atoms with van der Waals surface area (Å²) in [5, 5.41) is 0. The molecule has 0 bridgehead atoms. The van der Waals surface area contributed by atoms with Gasteiger partial charge in [-0.3, -0.25) is 4.79 Å². The number of benzene rings is 1. The smallest absolute Gasteiger partial charge is 0.240 e. The van der Waals surface area contributed by atoms with E-state index in [1.165, 1.54) is 11.1 Å². The van der Waals surface area contributed by atoms with Crippen molar-refractivity contribution >= 4 is 30.1 Å². The zero-order valence-corrected chi connectivity index (χ0v) is 12.1. The Labute approximate surface area is 119 Å². The summed E-state index contributed by atoms with van der Waals surface area (Å²) >= 11 is 1.73. The molecule has 0 aromatic heterocycles. The van der Waals surface area contributed by atoms with Gasteiger partial charge in [0.1, 0.15) is 0 Å². The number of carbonyl (C=O) groups excluding carboxylic acids is 1. The normalized spacial score (nSPS) is 14.9. The van der Waals surface area contributed by atoms with Crippen LogP contribution in [-0.4, -0.2) is 28.9 Å². The highest BCUT2D eigenvalue weighted by Gasteiger charge is 2.26. The van der Waals surface area contributed by atoms with E-state index in [4.69, 9.17) is 5.73 Å². The van der Waals surface area contributed by atoms with Gasteiger partial charge >= 0.3 is 0 Å². The molecule has 1 aromatic carbocycles. The van der Waals surface area contributed by atoms with Crippen molar-refractivity contribution in [2.75, 3.05) is 12.0 Å². The van der Waals surface area contributed by atoms with Gasteiger partial charge in [0.25, 0.3) is 0 Å². The van der Waals surface area contributed by atoms with Crippen molar-refractivity contribution in [3.05, 3.63) is 35.4 Å². The topological polar surface area (TPSA) is 46.3 Å². The minimum absolute atomic E-state index is 0. The lowest BCUT2D eigenvalue weighted by Crippen LogP contribution is -2.41. The molecule has 0 saturated carbocycles. The fourth-order valence-corrected chi connectivity index (χ4v) is 2.58. The van der Waals surface area contributed by atoms with E-state index >= 15 is 0 Å². The molecule has 0 spiro atoms. The molecular weight excluding hydrogens is 268 g/mol. The van der Waals surface area contributed by atoms with Crippen LogP contribution in [0.15, 0.2) is 24.3 Å². The molecule has 2 rings (SSSR count). The molecule has 1 heterocycles. The van der Waals surface area contributed by atoms with E-state index in [-0.39, 0.29) is 24.4 Å². The summed E-state index contributed by atoms with van der Waals surface area (Å²) in [6.07, 6.45) is 2.79. The van der Waals surface area contributed by atoms with Gasteiger partial charge in [0.05, 0.1) is 6.04 Å². The predicted molar refractivity (Wildman–Crippen MR) is 78.9 cm³/mol. The van der Waals surface area contributed by atoms with Crippen LogP contribution in [0.25, 0.3) is 0 Å². The third-order valence-electron chi connectivity index (χ3n) is 3.10. The molecule has 0 aliphatic carbocycles. The van der Waals surface area contributed by atoms with Gasteiger partial charge in [-0.05, 0) is 29.6 Å². The Bertz CT molecular complexity index is 389. The average Bonchev–Trinajstić information content (AvgIpc) is 2.78. The third-order valence-corrected chi connectivity index (χ3v) is 3.75. The first-order valence-electron chi connectivity index (χ1n) is 5.82. The summed E-state index contributed by atoms with van der Waals surface area (Å²) in [5.74, 6) is 1.02. The number of carbonyl (C=O) groups is 1. The van der Waals surface area contributed by atoms with Gasteiger partial charge in [-0.1, -0.05) is 24.3 Å². The monoisotopic (exact) mass is 286 g/mol. The summed E-state index contributed by atoms with van der Waals surface area (Å²) in [6, 6.07) is 7.84. The lowest BCUT2D eigenvalue weighted by Gasteiger charge is -2.20. The largest absolute Gasteiger partial charge is 0.333 e. The van der Waals surface area contributed by atoms with Crippen LogP contribution in [0.1, 0.15) is 17.5 Å². The van der Waals surface area contributed by atoms with E-state index in [0.717, 1.165) is 12.2 Å². The Morgan fingerprint density at radius 2 is 1.94 bits per heavy atom. The van der Waals surface area contributed by atoms with Gasteiger partial charge in [0.2, 0.25) is 5.91 Å². The standard InChI is InChI=1S/C13H18N2OS.ClH/c1-17-7-6-12(14)13(16)15-8-10-4-2-3-5-11(10)9-15;/h2-5,12H,6-9,14H2,1H3;1H. The zero-order valence-electron chi connectivity index (χ0n) is 10.5. The quantitative estimate of drug-likeness (QED) is 0.921. The van der Waals surface area contributed by atoms with Crippen LogP contribution in [0.2, 0.25) is 0 Å². The van der Waals surface area contributed by atoms with Crippen molar-refractivity contribution in [2.24, 2.45) is 5.73 Å². The fourth-order valence-electron chi connectivity index (χ4n) is 2.09. The first-order valence-corrected chi connectivity index (χ1v) is 7.22. The van der Waals surface area contributed by atoms with Crippen molar-refractivity contribution in [3.8, 4) is 0 Å². The van der Waals surface area contributed by atoms with E-state index in [1.807, 2.05) is 23.3 Å². The van der Waals surface area contributed by atoms with Crippen molar-refractivity contribution < 1.29 is 4.79 Å². The summed E-state index contributed by atoms with van der Waals surface area (Å²) in [7, 11) is 0. The maximum Gasteiger partial charge on any atom is 0.240 e. The number of hydrogen-bond acceptors (Lipinski definition) is 3. The Hall–Kier alpha value is -0.710. The molecule has 0 radical (unpaired) electrons. The summed E-state index contributed by atoms with van der Waals surface area (Å²) in [5.41, 5.74) is 8.41. The van der Waals surface area contributed by atoms with Crippen molar-refractivity contribution in [1.29, 1.82) is 0 Å². The number of amides is 1. The molecule has 3 nitrogen and oxygen atoms in total. The minimum Gasteiger partial charge on any atom is -0.333 e. The second kappa shape index (κ2) is 7.02. The highest BCUT2D eigenvalue weighted by atomic mass is 35.5. The second-order valence-corrected chi connectivity index (χ2v) is 5.34. The van der Waals surface area contributed by atoms with Gasteiger partial charge < -0.3 is 10.6 Å². The molecule has 1 atom stereocenters. The highest BCUT2D eigenvalue weighted by Crippen LogP contribution is 2.22. The summed E-state index contributed by atoms with van der Waals surface area (Å²) in [4.78, 5) is 14.0. The third kappa shape index (κ3) is 3.40. The number of nitrogens with two attached hydrogens (primary N) is 1. The van der Waals surface area contributed by atoms with Crippen LogP contribution in [0.4, 0.5) is 0 Å². The molecule has 1 amide bonds. The number of halogens is 1. The first kappa shape index (κ1) is 15.3. The van der Waals surface area contributed by atoms with Gasteiger partial charge in [0.15, 0.2) is 0 Å². The fraction of sp³-hybridized carbons (Fsp3) is 0.462. The van der Waals surface area contributed by atoms with Crippen LogP contribution in [-0.2, 0) is 17.9 Å². The molecule has 18 heavy (non-hydrogen) atoms. The lowest BCUT2D eigenvalue weighted by molar-refractivity contribution is -0.133. The molecule has 1 aliphatic rings. The Morgan fingerprint density at radius 1 is 1.39 bits per heavy atom. The molecule has 1 aliphatic heterocycles. The zero-order chi connectivity index (χ0) is 12.3. The molecule has 0 saturated heterocycles. The Balaban J connectivity index is 0.00000162. The molecule has 1 unspecified atom stereocenters. The summed E-state index contributed by atoms with van der Waals surface area (Å²) in [6.45, 7) is 1.42. The number of fused-ring (bicyclic) bond motifs is 1. The Kier molecular flexibility index (Phi) is 5.99. The second-order valence-electron chi connectivity index (χ2n) is 4.35.